The van der Waals surface area contributed by atoms with Crippen molar-refractivity contribution >= 4 is 11.8 Å². The Labute approximate surface area is 144 Å². The van der Waals surface area contributed by atoms with Gasteiger partial charge in [0.15, 0.2) is 5.76 Å². The van der Waals surface area contributed by atoms with Crippen molar-refractivity contribution in [2.45, 2.75) is 24.9 Å². The largest absolute Gasteiger partial charge is 0.359 e. The Balaban J connectivity index is 1.45. The lowest BCUT2D eigenvalue weighted by Gasteiger charge is -2.37. The first-order valence-corrected chi connectivity index (χ1v) is 8.31. The van der Waals surface area contributed by atoms with Gasteiger partial charge in [-0.15, -0.1) is 0 Å². The quantitative estimate of drug-likeness (QED) is 0.779. The number of hydrogen-bond acceptors (Lipinski definition) is 4. The first-order chi connectivity index (χ1) is 12.1. The molecule has 2 aliphatic rings. The molecule has 2 amide bonds. The summed E-state index contributed by atoms with van der Waals surface area (Å²) in [5.74, 6) is -0.715. The number of hydrogen-bond donors (Lipinski definition) is 0. The van der Waals surface area contributed by atoms with Crippen LogP contribution in [0.15, 0.2) is 40.9 Å². The van der Waals surface area contributed by atoms with Crippen LogP contribution in [0.3, 0.4) is 0 Å². The molecule has 0 spiro atoms. The number of halogens is 1. The average Bonchev–Trinajstić information content (AvgIpc) is 3.30. The molecular formula is C18H18FN3O3. The number of nitrogens with zero attached hydrogens (tertiary/aromatic N) is 3. The molecule has 2 fully saturated rings. The highest BCUT2D eigenvalue weighted by Gasteiger charge is 2.53. The van der Waals surface area contributed by atoms with Crippen LogP contribution in [-0.2, 0) is 16.1 Å². The number of aromatic nitrogens is 1. The van der Waals surface area contributed by atoms with Crippen molar-refractivity contribution < 1.29 is 18.5 Å². The van der Waals surface area contributed by atoms with Crippen molar-refractivity contribution in [1.29, 1.82) is 0 Å². The van der Waals surface area contributed by atoms with Crippen molar-refractivity contribution in [2.24, 2.45) is 0 Å². The van der Waals surface area contributed by atoms with E-state index in [1.807, 2.05) is 30.3 Å². The molecule has 7 heteroatoms. The van der Waals surface area contributed by atoms with Gasteiger partial charge in [-0.3, -0.25) is 9.59 Å². The van der Waals surface area contributed by atoms with Crippen LogP contribution in [-0.4, -0.2) is 52.1 Å². The van der Waals surface area contributed by atoms with Crippen molar-refractivity contribution in [3.05, 3.63) is 42.2 Å². The van der Waals surface area contributed by atoms with E-state index in [1.165, 1.54) is 9.80 Å². The van der Waals surface area contributed by atoms with Crippen molar-refractivity contribution in [3.8, 4) is 11.3 Å². The molecule has 0 bridgehead atoms. The highest BCUT2D eigenvalue weighted by Crippen LogP contribution is 2.43. The van der Waals surface area contributed by atoms with Crippen LogP contribution < -0.4 is 0 Å². The molecule has 130 valence electrons. The molecule has 1 aliphatic carbocycles. The maximum absolute atomic E-state index is 13.2. The normalized spacial score (nSPS) is 19.4. The third kappa shape index (κ3) is 2.79. The molecule has 25 heavy (non-hydrogen) atoms. The second kappa shape index (κ2) is 5.98. The molecule has 0 radical (unpaired) electrons. The van der Waals surface area contributed by atoms with Gasteiger partial charge < -0.3 is 14.3 Å². The van der Waals surface area contributed by atoms with Crippen LogP contribution >= 0.6 is 0 Å². The number of carbonyl (C=O) groups excluding carboxylic acids is 2. The fraction of sp³-hybridized carbons (Fsp3) is 0.389. The Kier molecular flexibility index (Phi) is 3.78. The average molecular weight is 343 g/mol. The maximum Gasteiger partial charge on any atom is 0.312 e. The molecule has 2 aromatic rings. The molecule has 0 N–H and O–H groups in total. The van der Waals surface area contributed by atoms with Gasteiger partial charge in [-0.05, 0) is 12.8 Å². The topological polar surface area (TPSA) is 66.7 Å². The van der Waals surface area contributed by atoms with Gasteiger partial charge in [-0.2, -0.15) is 0 Å². The molecular weight excluding hydrogens is 325 g/mol. The molecule has 0 atom stereocenters. The minimum atomic E-state index is -0.731. The highest BCUT2D eigenvalue weighted by atomic mass is 19.1. The fourth-order valence-corrected chi connectivity index (χ4v) is 3.22. The minimum absolute atomic E-state index is 0.181. The van der Waals surface area contributed by atoms with Gasteiger partial charge in [0.2, 0.25) is 0 Å². The van der Waals surface area contributed by atoms with Gasteiger partial charge in [0.05, 0.1) is 12.1 Å². The fourth-order valence-electron chi connectivity index (χ4n) is 3.22. The molecule has 4 rings (SSSR count). The lowest BCUT2D eigenvalue weighted by molar-refractivity contribution is -0.159. The summed E-state index contributed by atoms with van der Waals surface area (Å²) in [6.45, 7) is 0.317. The Morgan fingerprint density at radius 1 is 1.12 bits per heavy atom. The zero-order valence-corrected chi connectivity index (χ0v) is 13.7. The second-order valence-electron chi connectivity index (χ2n) is 6.59. The van der Waals surface area contributed by atoms with Crippen LogP contribution in [0.5, 0.6) is 0 Å². The third-order valence-corrected chi connectivity index (χ3v) is 4.93. The summed E-state index contributed by atoms with van der Waals surface area (Å²) in [7, 11) is 0. The minimum Gasteiger partial charge on any atom is -0.359 e. The van der Waals surface area contributed by atoms with Gasteiger partial charge in [-0.25, -0.2) is 4.39 Å². The van der Waals surface area contributed by atoms with E-state index in [1.54, 1.807) is 6.07 Å². The molecule has 1 aromatic carbocycles. The molecule has 1 aromatic heterocycles. The highest BCUT2D eigenvalue weighted by molar-refractivity contribution is 6.35. The number of piperazine rings is 1. The van der Waals surface area contributed by atoms with Crippen LogP contribution in [0.2, 0.25) is 0 Å². The first-order valence-electron chi connectivity index (χ1n) is 8.31. The van der Waals surface area contributed by atoms with Crippen LogP contribution in [0, 0.1) is 0 Å². The zero-order chi connectivity index (χ0) is 17.4. The summed E-state index contributed by atoms with van der Waals surface area (Å²) in [6, 6.07) is 11.3. The van der Waals surface area contributed by atoms with Crippen LogP contribution in [0.25, 0.3) is 11.3 Å². The molecule has 1 aliphatic heterocycles. The Bertz CT molecular complexity index is 801. The van der Waals surface area contributed by atoms with E-state index in [0.717, 1.165) is 5.56 Å². The first kappa shape index (κ1) is 15.8. The number of alkyl halides is 1. The van der Waals surface area contributed by atoms with E-state index < -0.39 is 24.0 Å². The summed E-state index contributed by atoms with van der Waals surface area (Å²) >= 11 is 0. The molecule has 0 unspecified atom stereocenters. The lowest BCUT2D eigenvalue weighted by atomic mass is 10.1. The monoisotopic (exact) mass is 343 g/mol. The summed E-state index contributed by atoms with van der Waals surface area (Å²) < 4.78 is 18.5. The molecule has 2 heterocycles. The van der Waals surface area contributed by atoms with E-state index in [-0.39, 0.29) is 6.54 Å². The third-order valence-electron chi connectivity index (χ3n) is 4.93. The number of amides is 2. The standard InChI is InChI=1S/C18H18FN3O3/c19-12-18(6-7-18)22-9-8-21(16(23)17(22)24)11-14-10-15(20-25-14)13-4-2-1-3-5-13/h1-5,10H,6-9,11-12H2. The molecule has 1 saturated carbocycles. The Hall–Kier alpha value is -2.70. The van der Waals surface area contributed by atoms with Gasteiger partial charge in [0.25, 0.3) is 0 Å². The van der Waals surface area contributed by atoms with E-state index in [0.29, 0.717) is 37.4 Å². The van der Waals surface area contributed by atoms with Gasteiger partial charge in [0.1, 0.15) is 12.4 Å². The maximum atomic E-state index is 13.2. The van der Waals surface area contributed by atoms with Crippen molar-refractivity contribution in [2.75, 3.05) is 19.8 Å². The lowest BCUT2D eigenvalue weighted by Crippen LogP contribution is -2.58. The van der Waals surface area contributed by atoms with Crippen molar-refractivity contribution in [1.82, 2.24) is 15.0 Å². The second-order valence-corrected chi connectivity index (χ2v) is 6.59. The van der Waals surface area contributed by atoms with E-state index in [4.69, 9.17) is 4.52 Å². The van der Waals surface area contributed by atoms with Gasteiger partial charge in [0, 0.05) is 24.7 Å². The number of carbonyl (C=O) groups is 2. The van der Waals surface area contributed by atoms with E-state index in [2.05, 4.69) is 5.16 Å². The predicted molar refractivity (Wildman–Crippen MR) is 87.0 cm³/mol. The summed E-state index contributed by atoms with van der Waals surface area (Å²) in [4.78, 5) is 27.5. The SMILES string of the molecule is O=C1C(=O)N(C2(CF)CC2)CCN1Cc1cc(-c2ccccc2)no1. The number of benzene rings is 1. The predicted octanol–water partition coefficient (Wildman–Crippen LogP) is 2.01. The number of rotatable bonds is 5. The van der Waals surface area contributed by atoms with E-state index >= 15 is 0 Å². The summed E-state index contributed by atoms with van der Waals surface area (Å²) in [5.41, 5.74) is 0.872. The zero-order valence-electron chi connectivity index (χ0n) is 13.7. The van der Waals surface area contributed by atoms with Crippen LogP contribution in [0.4, 0.5) is 4.39 Å². The van der Waals surface area contributed by atoms with Gasteiger partial charge >= 0.3 is 11.8 Å². The van der Waals surface area contributed by atoms with Crippen molar-refractivity contribution in [3.63, 3.8) is 0 Å². The summed E-state index contributed by atoms with van der Waals surface area (Å²) in [5, 5.41) is 4.02. The Morgan fingerprint density at radius 2 is 1.88 bits per heavy atom. The van der Waals surface area contributed by atoms with E-state index in [9.17, 15) is 14.0 Å². The summed E-state index contributed by atoms with van der Waals surface area (Å²) in [6.07, 6.45) is 1.26. The van der Waals surface area contributed by atoms with Gasteiger partial charge in [-0.1, -0.05) is 35.5 Å². The smallest absolute Gasteiger partial charge is 0.312 e. The Morgan fingerprint density at radius 3 is 2.56 bits per heavy atom. The molecule has 6 nitrogen and oxygen atoms in total. The van der Waals surface area contributed by atoms with Crippen LogP contribution in [0.1, 0.15) is 18.6 Å². The molecule has 1 saturated heterocycles.